The largest absolute Gasteiger partial charge is 0.481 e. The number of carboxylic acid groups (broad SMARTS) is 1. The zero-order chi connectivity index (χ0) is 14.5. The number of benzene rings is 1. The predicted molar refractivity (Wildman–Crippen MR) is 70.5 cm³/mol. The van der Waals surface area contributed by atoms with Gasteiger partial charge in [-0.3, -0.25) is 4.79 Å². The molecule has 2 rings (SSSR count). The number of morpholine rings is 1. The quantitative estimate of drug-likeness (QED) is 0.881. The first kappa shape index (κ1) is 14.3. The second-order valence-electron chi connectivity index (χ2n) is 4.56. The van der Waals surface area contributed by atoms with Crippen molar-refractivity contribution in [1.82, 2.24) is 4.90 Å². The summed E-state index contributed by atoms with van der Waals surface area (Å²) in [5.41, 5.74) is 0. The Morgan fingerprint density at radius 1 is 1.40 bits per heavy atom. The van der Waals surface area contributed by atoms with Crippen molar-refractivity contribution in [1.29, 1.82) is 0 Å². The highest BCUT2D eigenvalue weighted by atomic mass is 16.5. The summed E-state index contributed by atoms with van der Waals surface area (Å²) in [5.74, 6) is -0.682. The van der Waals surface area contributed by atoms with Gasteiger partial charge >= 0.3 is 5.97 Å². The Morgan fingerprint density at radius 2 is 2.10 bits per heavy atom. The molecule has 0 aliphatic carbocycles. The lowest BCUT2D eigenvalue weighted by Gasteiger charge is -2.32. The lowest BCUT2D eigenvalue weighted by Crippen LogP contribution is -2.51. The van der Waals surface area contributed by atoms with Crippen LogP contribution in [-0.4, -0.2) is 53.8 Å². The zero-order valence-electron chi connectivity index (χ0n) is 11.2. The Bertz CT molecular complexity index is 476. The van der Waals surface area contributed by atoms with Gasteiger partial charge in [-0.2, -0.15) is 0 Å². The Hall–Kier alpha value is -2.08. The van der Waals surface area contributed by atoms with Crippen molar-refractivity contribution in [2.24, 2.45) is 0 Å². The van der Waals surface area contributed by atoms with Crippen LogP contribution in [0.2, 0.25) is 0 Å². The smallest absolute Gasteiger partial charge is 0.334 e. The lowest BCUT2D eigenvalue weighted by molar-refractivity contribution is -0.161. The minimum atomic E-state index is -1.06. The van der Waals surface area contributed by atoms with Crippen molar-refractivity contribution >= 4 is 11.9 Å². The van der Waals surface area contributed by atoms with E-state index in [1.807, 2.05) is 18.2 Å². The van der Waals surface area contributed by atoms with Crippen molar-refractivity contribution in [3.05, 3.63) is 30.3 Å². The Labute approximate surface area is 116 Å². The van der Waals surface area contributed by atoms with Crippen molar-refractivity contribution in [3.8, 4) is 5.75 Å². The number of para-hydroxylation sites is 1. The normalized spacial score (nSPS) is 20.2. The molecule has 0 aromatic heterocycles. The highest BCUT2D eigenvalue weighted by molar-refractivity contribution is 5.82. The topological polar surface area (TPSA) is 76.1 Å². The van der Waals surface area contributed by atoms with Gasteiger partial charge < -0.3 is 19.5 Å². The van der Waals surface area contributed by atoms with Gasteiger partial charge in [0.15, 0.2) is 12.2 Å². The molecule has 1 N–H and O–H groups in total. The Kier molecular flexibility index (Phi) is 4.57. The first-order valence-electron chi connectivity index (χ1n) is 6.43. The van der Waals surface area contributed by atoms with Crippen molar-refractivity contribution in [2.75, 3.05) is 19.7 Å². The van der Waals surface area contributed by atoms with E-state index in [4.69, 9.17) is 14.6 Å². The summed E-state index contributed by atoms with van der Waals surface area (Å²) in [4.78, 5) is 24.6. The third-order valence-corrected chi connectivity index (χ3v) is 3.06. The summed E-state index contributed by atoms with van der Waals surface area (Å²) < 4.78 is 10.6. The number of nitrogens with zero attached hydrogens (tertiary/aromatic N) is 1. The second kappa shape index (κ2) is 6.38. The molecule has 6 heteroatoms. The number of rotatable bonds is 4. The van der Waals surface area contributed by atoms with Gasteiger partial charge in [-0.25, -0.2) is 4.79 Å². The highest BCUT2D eigenvalue weighted by Gasteiger charge is 2.31. The number of aliphatic carboxylic acids is 1. The molecule has 20 heavy (non-hydrogen) atoms. The zero-order valence-corrected chi connectivity index (χ0v) is 11.2. The van der Waals surface area contributed by atoms with Crippen LogP contribution in [0.3, 0.4) is 0 Å². The summed E-state index contributed by atoms with van der Waals surface area (Å²) in [6.07, 6.45) is -1.62. The van der Waals surface area contributed by atoms with E-state index in [1.165, 1.54) is 4.90 Å². The molecule has 0 spiro atoms. The molecule has 1 aromatic rings. The molecule has 1 aliphatic rings. The van der Waals surface area contributed by atoms with E-state index in [-0.39, 0.29) is 19.1 Å². The fraction of sp³-hybridized carbons (Fsp3) is 0.429. The van der Waals surface area contributed by atoms with Crippen molar-refractivity contribution in [2.45, 2.75) is 19.1 Å². The molecule has 1 fully saturated rings. The molecular weight excluding hydrogens is 262 g/mol. The number of hydrogen-bond acceptors (Lipinski definition) is 4. The number of amides is 1. The molecule has 2 atom stereocenters. The van der Waals surface area contributed by atoms with Gasteiger partial charge in [-0.05, 0) is 19.1 Å². The van der Waals surface area contributed by atoms with Crippen LogP contribution < -0.4 is 4.74 Å². The van der Waals surface area contributed by atoms with Crippen molar-refractivity contribution < 1.29 is 24.2 Å². The fourth-order valence-corrected chi connectivity index (χ4v) is 2.01. The maximum Gasteiger partial charge on any atom is 0.334 e. The number of carboxylic acids is 1. The summed E-state index contributed by atoms with van der Waals surface area (Å²) in [6.45, 7) is 2.31. The maximum atomic E-state index is 12.2. The van der Waals surface area contributed by atoms with E-state index in [0.717, 1.165) is 0 Å². The predicted octanol–water partition coefficient (Wildman–Crippen LogP) is 0.766. The first-order chi connectivity index (χ1) is 9.58. The van der Waals surface area contributed by atoms with E-state index >= 15 is 0 Å². The molecule has 1 aliphatic heterocycles. The highest BCUT2D eigenvalue weighted by Crippen LogP contribution is 2.13. The SMILES string of the molecule is C[C@H](Oc1ccccc1)C(=O)N1CCO[C@H](C(=O)O)C1. The van der Waals surface area contributed by atoms with Gasteiger partial charge in [0.25, 0.3) is 5.91 Å². The van der Waals surface area contributed by atoms with E-state index < -0.39 is 18.2 Å². The van der Waals surface area contributed by atoms with Gasteiger partial charge in [0.05, 0.1) is 13.2 Å². The van der Waals surface area contributed by atoms with Gasteiger partial charge in [-0.1, -0.05) is 18.2 Å². The third-order valence-electron chi connectivity index (χ3n) is 3.06. The first-order valence-corrected chi connectivity index (χ1v) is 6.43. The van der Waals surface area contributed by atoms with Crippen LogP contribution >= 0.6 is 0 Å². The van der Waals surface area contributed by atoms with Gasteiger partial charge in [-0.15, -0.1) is 0 Å². The number of carbonyl (C=O) groups is 2. The molecule has 1 heterocycles. The lowest BCUT2D eigenvalue weighted by atomic mass is 10.2. The molecule has 0 bridgehead atoms. The number of carbonyl (C=O) groups excluding carboxylic acids is 1. The fourth-order valence-electron chi connectivity index (χ4n) is 2.01. The van der Waals surface area contributed by atoms with Crippen LogP contribution in [0.4, 0.5) is 0 Å². The van der Waals surface area contributed by atoms with Crippen LogP contribution in [0.25, 0.3) is 0 Å². The van der Waals surface area contributed by atoms with Crippen LogP contribution in [0, 0.1) is 0 Å². The molecule has 0 saturated carbocycles. The average Bonchev–Trinajstić information content (AvgIpc) is 2.47. The van der Waals surface area contributed by atoms with Gasteiger partial charge in [0.1, 0.15) is 5.75 Å². The van der Waals surface area contributed by atoms with E-state index in [0.29, 0.717) is 12.3 Å². The summed E-state index contributed by atoms with van der Waals surface area (Å²) >= 11 is 0. The second-order valence-corrected chi connectivity index (χ2v) is 4.56. The monoisotopic (exact) mass is 279 g/mol. The molecule has 1 amide bonds. The minimum absolute atomic E-state index is 0.0522. The van der Waals surface area contributed by atoms with E-state index in [9.17, 15) is 9.59 Å². The van der Waals surface area contributed by atoms with Crippen molar-refractivity contribution in [3.63, 3.8) is 0 Å². The Balaban J connectivity index is 1.94. The molecule has 1 aromatic carbocycles. The standard InChI is InChI=1S/C14H17NO5/c1-10(20-11-5-3-2-4-6-11)13(16)15-7-8-19-12(9-15)14(17)18/h2-6,10,12H,7-9H2,1H3,(H,17,18)/t10-,12-/m0/s1. The number of hydrogen-bond donors (Lipinski definition) is 1. The van der Waals surface area contributed by atoms with Crippen LogP contribution in [-0.2, 0) is 14.3 Å². The molecule has 0 radical (unpaired) electrons. The molecule has 6 nitrogen and oxygen atoms in total. The van der Waals surface area contributed by atoms with Crippen LogP contribution in [0.15, 0.2) is 30.3 Å². The third kappa shape index (κ3) is 3.48. The van der Waals surface area contributed by atoms with E-state index in [1.54, 1.807) is 19.1 Å². The average molecular weight is 279 g/mol. The van der Waals surface area contributed by atoms with Crippen LogP contribution in [0.5, 0.6) is 5.75 Å². The summed E-state index contributed by atoms with van der Waals surface area (Å²) in [6, 6.07) is 9.04. The molecule has 1 saturated heterocycles. The van der Waals surface area contributed by atoms with E-state index in [2.05, 4.69) is 0 Å². The summed E-state index contributed by atoms with van der Waals surface area (Å²) in [5, 5.41) is 8.92. The number of ether oxygens (including phenoxy) is 2. The maximum absolute atomic E-state index is 12.2. The van der Waals surface area contributed by atoms with Gasteiger partial charge in [0.2, 0.25) is 0 Å². The summed E-state index contributed by atoms with van der Waals surface area (Å²) in [7, 11) is 0. The molecule has 108 valence electrons. The van der Waals surface area contributed by atoms with Crippen LogP contribution in [0.1, 0.15) is 6.92 Å². The minimum Gasteiger partial charge on any atom is -0.481 e. The molecular formula is C14H17NO5. The Morgan fingerprint density at radius 3 is 2.75 bits per heavy atom. The van der Waals surface area contributed by atoms with Gasteiger partial charge in [0, 0.05) is 6.54 Å². The molecule has 0 unspecified atom stereocenters.